The Morgan fingerprint density at radius 2 is 1.74 bits per heavy atom. The molecule has 1 atom stereocenters. The van der Waals surface area contributed by atoms with E-state index in [4.69, 9.17) is 4.74 Å². The smallest absolute Gasteiger partial charge is 0.417 e. The lowest BCUT2D eigenvalue weighted by Crippen LogP contribution is -2.52. The van der Waals surface area contributed by atoms with Crippen LogP contribution in [0.4, 0.5) is 19.0 Å². The predicted molar refractivity (Wildman–Crippen MR) is 122 cm³/mol. The Bertz CT molecular complexity index is 978. The average Bonchev–Trinajstić information content (AvgIpc) is 3.08. The van der Waals surface area contributed by atoms with Crippen molar-refractivity contribution in [3.63, 3.8) is 0 Å². The van der Waals surface area contributed by atoms with E-state index in [0.29, 0.717) is 49.7 Å². The molecule has 0 radical (unpaired) electrons. The molecular weight excluding hydrogens is 449 g/mol. The van der Waals surface area contributed by atoms with Crippen LogP contribution in [0.1, 0.15) is 36.2 Å². The Hall–Kier alpha value is -3.30. The molecule has 1 N–H and O–H groups in total. The third-order valence-corrected chi connectivity index (χ3v) is 5.78. The molecule has 1 aromatic carbocycles. The number of ether oxygens (including phenoxy) is 1. The minimum absolute atomic E-state index is 0.134. The van der Waals surface area contributed by atoms with Gasteiger partial charge in [-0.05, 0) is 48.7 Å². The topological polar surface area (TPSA) is 74.8 Å². The standard InChI is InChI=1S/C24H29F3N4O3/c1-16(2)21(29-22(32)17-5-8-19(34-3)9-6-17)23(33)31-12-4-11-30(13-14-31)20-10-7-18(15-28-20)24(25,26)27/h5-10,15-16,21H,4,11-14H2,1-3H3,(H,29,32). The molecule has 7 nitrogen and oxygen atoms in total. The highest BCUT2D eigenvalue weighted by atomic mass is 19.4. The molecular formula is C24H29F3N4O3. The van der Waals surface area contributed by atoms with Crippen molar-refractivity contribution >= 4 is 17.6 Å². The molecule has 34 heavy (non-hydrogen) atoms. The number of nitrogens with zero attached hydrogens (tertiary/aromatic N) is 3. The molecule has 2 heterocycles. The molecule has 2 amide bonds. The number of carbonyl (C=O) groups excluding carboxylic acids is 2. The lowest BCUT2D eigenvalue weighted by Gasteiger charge is -2.29. The monoisotopic (exact) mass is 478 g/mol. The van der Waals surface area contributed by atoms with Gasteiger partial charge in [-0.3, -0.25) is 9.59 Å². The van der Waals surface area contributed by atoms with Crippen molar-refractivity contribution in [3.05, 3.63) is 53.7 Å². The van der Waals surface area contributed by atoms with E-state index in [2.05, 4.69) is 10.3 Å². The maximum atomic E-state index is 13.3. The largest absolute Gasteiger partial charge is 0.497 e. The SMILES string of the molecule is COc1ccc(C(=O)NC(C(=O)N2CCCN(c3ccc(C(F)(F)F)cn3)CC2)C(C)C)cc1. The van der Waals surface area contributed by atoms with Crippen molar-refractivity contribution in [1.82, 2.24) is 15.2 Å². The van der Waals surface area contributed by atoms with E-state index in [0.717, 1.165) is 12.3 Å². The van der Waals surface area contributed by atoms with Crippen molar-refractivity contribution in [2.75, 3.05) is 38.2 Å². The summed E-state index contributed by atoms with van der Waals surface area (Å²) in [5, 5.41) is 2.85. The first-order valence-electron chi connectivity index (χ1n) is 11.1. The normalized spacial score (nSPS) is 15.6. The first-order chi connectivity index (χ1) is 16.1. The molecule has 184 valence electrons. The van der Waals surface area contributed by atoms with E-state index in [1.54, 1.807) is 36.3 Å². The number of methoxy groups -OCH3 is 1. The van der Waals surface area contributed by atoms with E-state index in [9.17, 15) is 22.8 Å². The average molecular weight is 479 g/mol. The van der Waals surface area contributed by atoms with Gasteiger partial charge in [0.05, 0.1) is 12.7 Å². The molecule has 0 aliphatic carbocycles. The van der Waals surface area contributed by atoms with Crippen molar-refractivity contribution in [2.45, 2.75) is 32.5 Å². The molecule has 0 spiro atoms. The maximum Gasteiger partial charge on any atom is 0.417 e. The van der Waals surface area contributed by atoms with E-state index in [1.165, 1.54) is 6.07 Å². The lowest BCUT2D eigenvalue weighted by molar-refractivity contribution is -0.138. The zero-order valence-corrected chi connectivity index (χ0v) is 19.4. The number of nitrogens with one attached hydrogen (secondary N) is 1. The number of hydrogen-bond donors (Lipinski definition) is 1. The third kappa shape index (κ3) is 6.18. The fraction of sp³-hybridized carbons (Fsp3) is 0.458. The van der Waals surface area contributed by atoms with Crippen LogP contribution in [0.3, 0.4) is 0 Å². The first kappa shape index (κ1) is 25.3. The summed E-state index contributed by atoms with van der Waals surface area (Å²) < 4.78 is 43.5. The zero-order chi connectivity index (χ0) is 24.9. The molecule has 0 bridgehead atoms. The van der Waals surface area contributed by atoms with Gasteiger partial charge >= 0.3 is 6.18 Å². The van der Waals surface area contributed by atoms with Crippen molar-refractivity contribution < 1.29 is 27.5 Å². The number of amides is 2. The highest BCUT2D eigenvalue weighted by molar-refractivity contribution is 5.97. The minimum atomic E-state index is -4.43. The summed E-state index contributed by atoms with van der Waals surface area (Å²) in [6, 6.07) is 8.30. The summed E-state index contributed by atoms with van der Waals surface area (Å²) >= 11 is 0. The van der Waals surface area contributed by atoms with Crippen LogP contribution in [0.2, 0.25) is 0 Å². The second kappa shape index (κ2) is 10.8. The highest BCUT2D eigenvalue weighted by Crippen LogP contribution is 2.29. The van der Waals surface area contributed by atoms with E-state index >= 15 is 0 Å². The van der Waals surface area contributed by atoms with Gasteiger partial charge in [-0.25, -0.2) is 4.98 Å². The van der Waals surface area contributed by atoms with Crippen molar-refractivity contribution in [1.29, 1.82) is 0 Å². The lowest BCUT2D eigenvalue weighted by atomic mass is 10.0. The zero-order valence-electron chi connectivity index (χ0n) is 19.4. The molecule has 1 unspecified atom stereocenters. The Morgan fingerprint density at radius 1 is 1.03 bits per heavy atom. The van der Waals surface area contributed by atoms with Gasteiger partial charge in [-0.15, -0.1) is 0 Å². The van der Waals surface area contributed by atoms with Gasteiger partial charge in [-0.1, -0.05) is 13.8 Å². The van der Waals surface area contributed by atoms with Crippen LogP contribution in [0.25, 0.3) is 0 Å². The Balaban J connectivity index is 1.64. The highest BCUT2D eigenvalue weighted by Gasteiger charge is 2.32. The quantitative estimate of drug-likeness (QED) is 0.687. The summed E-state index contributed by atoms with van der Waals surface area (Å²) in [6.45, 7) is 5.59. The van der Waals surface area contributed by atoms with Crippen LogP contribution in [0.5, 0.6) is 5.75 Å². The van der Waals surface area contributed by atoms with Crippen LogP contribution in [-0.4, -0.2) is 61.0 Å². The van der Waals surface area contributed by atoms with Gasteiger partial charge in [-0.2, -0.15) is 13.2 Å². The Morgan fingerprint density at radius 3 is 2.29 bits per heavy atom. The number of hydrogen-bond acceptors (Lipinski definition) is 5. The molecule has 1 aromatic heterocycles. The molecule has 0 saturated carbocycles. The Labute approximate surface area is 196 Å². The summed E-state index contributed by atoms with van der Waals surface area (Å²) in [7, 11) is 1.54. The van der Waals surface area contributed by atoms with Crippen LogP contribution in [0.15, 0.2) is 42.6 Å². The van der Waals surface area contributed by atoms with Crippen molar-refractivity contribution in [2.24, 2.45) is 5.92 Å². The van der Waals surface area contributed by atoms with Crippen molar-refractivity contribution in [3.8, 4) is 5.75 Å². The summed E-state index contributed by atoms with van der Waals surface area (Å²) in [5.74, 6) is 0.407. The van der Waals surface area contributed by atoms with Gasteiger partial charge < -0.3 is 19.9 Å². The Kier molecular flexibility index (Phi) is 8.01. The van der Waals surface area contributed by atoms with Gasteiger partial charge in [0.2, 0.25) is 5.91 Å². The number of carbonyl (C=O) groups is 2. The van der Waals surface area contributed by atoms with Crippen LogP contribution in [-0.2, 0) is 11.0 Å². The number of aromatic nitrogens is 1. The van der Waals surface area contributed by atoms with Crippen LogP contribution >= 0.6 is 0 Å². The van der Waals surface area contributed by atoms with Gasteiger partial charge in [0.1, 0.15) is 17.6 Å². The van der Waals surface area contributed by atoms with E-state index in [-0.39, 0.29) is 17.7 Å². The van der Waals surface area contributed by atoms with E-state index < -0.39 is 17.8 Å². The summed E-state index contributed by atoms with van der Waals surface area (Å²) in [4.78, 5) is 33.6. The van der Waals surface area contributed by atoms with Gasteiger partial charge in [0, 0.05) is 37.9 Å². The number of rotatable bonds is 6. The predicted octanol–water partition coefficient (Wildman–Crippen LogP) is 3.60. The fourth-order valence-corrected chi connectivity index (χ4v) is 3.78. The van der Waals surface area contributed by atoms with Gasteiger partial charge in [0.25, 0.3) is 5.91 Å². The summed E-state index contributed by atoms with van der Waals surface area (Å²) in [5.41, 5.74) is -0.370. The number of benzene rings is 1. The molecule has 1 aliphatic rings. The van der Waals surface area contributed by atoms with Crippen LogP contribution < -0.4 is 15.0 Å². The number of anilines is 1. The molecule has 1 saturated heterocycles. The van der Waals surface area contributed by atoms with Gasteiger partial charge in [0.15, 0.2) is 0 Å². The summed E-state index contributed by atoms with van der Waals surface area (Å²) in [6.07, 6.45) is -2.98. The molecule has 3 rings (SSSR count). The maximum absolute atomic E-state index is 13.3. The second-order valence-electron chi connectivity index (χ2n) is 8.49. The molecule has 1 aliphatic heterocycles. The molecule has 2 aromatic rings. The number of halogens is 3. The molecule has 10 heteroatoms. The third-order valence-electron chi connectivity index (χ3n) is 5.78. The minimum Gasteiger partial charge on any atom is -0.497 e. The number of alkyl halides is 3. The second-order valence-corrected chi connectivity index (χ2v) is 8.49. The van der Waals surface area contributed by atoms with Crippen LogP contribution in [0, 0.1) is 5.92 Å². The number of pyridine rings is 1. The van der Waals surface area contributed by atoms with E-state index in [1.807, 2.05) is 18.7 Å². The first-order valence-corrected chi connectivity index (χ1v) is 11.1. The molecule has 1 fully saturated rings. The fourth-order valence-electron chi connectivity index (χ4n) is 3.78.